The number of carbonyl (C=O) groups excluding carboxylic acids is 1. The van der Waals surface area contributed by atoms with Crippen molar-refractivity contribution in [1.82, 2.24) is 9.21 Å². The third-order valence-corrected chi connectivity index (χ3v) is 3.93. The summed E-state index contributed by atoms with van der Waals surface area (Å²) in [6.45, 7) is 0. The van der Waals surface area contributed by atoms with Crippen LogP contribution >= 0.6 is 0 Å². The number of benzene rings is 1. The van der Waals surface area contributed by atoms with E-state index in [9.17, 15) is 13.2 Å². The van der Waals surface area contributed by atoms with Crippen molar-refractivity contribution in [2.75, 3.05) is 27.4 Å². The summed E-state index contributed by atoms with van der Waals surface area (Å²) in [5.41, 5.74) is 0.657. The number of nitrogens with zero attached hydrogens (tertiary/aromatic N) is 2. The van der Waals surface area contributed by atoms with Crippen LogP contribution in [0, 0.1) is 0 Å². The van der Waals surface area contributed by atoms with Crippen LogP contribution in [0.4, 0.5) is 0 Å². The number of hydrogen-bond acceptors (Lipinski definition) is 3. The van der Waals surface area contributed by atoms with Gasteiger partial charge in [-0.05, 0) is 5.56 Å². The van der Waals surface area contributed by atoms with Crippen LogP contribution in [0.1, 0.15) is 11.6 Å². The summed E-state index contributed by atoms with van der Waals surface area (Å²) in [5.74, 6) is -0.269. The molecule has 0 fully saturated rings. The third-order valence-electron chi connectivity index (χ3n) is 2.68. The summed E-state index contributed by atoms with van der Waals surface area (Å²) in [4.78, 5) is 13.5. The Morgan fingerprint density at radius 2 is 1.61 bits per heavy atom. The van der Waals surface area contributed by atoms with Gasteiger partial charge in [0.2, 0.25) is 15.9 Å². The monoisotopic (exact) mass is 270 g/mol. The summed E-state index contributed by atoms with van der Waals surface area (Å²) >= 11 is 0. The molecular formula is C12H18N2O3S. The maximum Gasteiger partial charge on any atom is 0.245 e. The number of carbonyl (C=O) groups is 1. The topological polar surface area (TPSA) is 57.7 Å². The van der Waals surface area contributed by atoms with E-state index in [-0.39, 0.29) is 5.91 Å². The van der Waals surface area contributed by atoms with E-state index in [0.717, 1.165) is 10.6 Å². The molecule has 0 saturated heterocycles. The minimum absolute atomic E-state index is 0.269. The molecule has 0 aliphatic heterocycles. The summed E-state index contributed by atoms with van der Waals surface area (Å²) in [7, 11) is 1.18. The molecule has 0 radical (unpaired) electrons. The molecule has 100 valence electrons. The first-order valence-corrected chi connectivity index (χ1v) is 7.29. The number of amides is 1. The lowest BCUT2D eigenvalue weighted by atomic mass is 10.1. The van der Waals surface area contributed by atoms with Crippen molar-refractivity contribution in [3.05, 3.63) is 35.9 Å². The second kappa shape index (κ2) is 5.49. The Morgan fingerprint density at radius 3 is 2.00 bits per heavy atom. The average Bonchev–Trinajstić information content (AvgIpc) is 2.29. The molecule has 5 nitrogen and oxygen atoms in total. The Hall–Kier alpha value is -1.40. The maximum absolute atomic E-state index is 12.2. The van der Waals surface area contributed by atoms with Crippen LogP contribution in [-0.4, -0.2) is 50.9 Å². The standard InChI is InChI=1S/C12H18N2O3S/c1-13(2)12(15)11(14(3)18(4,16)17)10-8-6-5-7-9-10/h5-9,11H,1-4H3/t11-/m1/s1. The minimum atomic E-state index is -3.44. The van der Waals surface area contributed by atoms with Crippen LogP contribution in [0.5, 0.6) is 0 Å². The van der Waals surface area contributed by atoms with Crippen molar-refractivity contribution in [3.63, 3.8) is 0 Å². The molecule has 6 heteroatoms. The zero-order chi connectivity index (χ0) is 13.9. The van der Waals surface area contributed by atoms with Gasteiger partial charge in [0, 0.05) is 21.1 Å². The number of sulfonamides is 1. The predicted molar refractivity (Wildman–Crippen MR) is 70.5 cm³/mol. The summed E-state index contributed by atoms with van der Waals surface area (Å²) in [6.07, 6.45) is 1.09. The summed E-state index contributed by atoms with van der Waals surface area (Å²) in [6, 6.07) is 8.04. The fourth-order valence-corrected chi connectivity index (χ4v) is 2.17. The van der Waals surface area contributed by atoms with Gasteiger partial charge in [0.25, 0.3) is 0 Å². The van der Waals surface area contributed by atoms with Gasteiger partial charge in [0.1, 0.15) is 6.04 Å². The largest absolute Gasteiger partial charge is 0.347 e. The molecular weight excluding hydrogens is 252 g/mol. The van der Waals surface area contributed by atoms with E-state index in [4.69, 9.17) is 0 Å². The highest BCUT2D eigenvalue weighted by Crippen LogP contribution is 2.23. The molecule has 0 saturated carbocycles. The van der Waals surface area contributed by atoms with Crippen LogP contribution in [-0.2, 0) is 14.8 Å². The Morgan fingerprint density at radius 1 is 1.11 bits per heavy atom. The molecule has 0 N–H and O–H groups in total. The zero-order valence-corrected chi connectivity index (χ0v) is 11.8. The summed E-state index contributed by atoms with van der Waals surface area (Å²) in [5, 5.41) is 0. The SMILES string of the molecule is CN(C)C(=O)[C@@H](c1ccccc1)N(C)S(C)(=O)=O. The number of hydrogen-bond donors (Lipinski definition) is 0. The molecule has 18 heavy (non-hydrogen) atoms. The molecule has 0 aliphatic rings. The molecule has 0 unspecified atom stereocenters. The van der Waals surface area contributed by atoms with Crippen molar-refractivity contribution in [1.29, 1.82) is 0 Å². The molecule has 1 atom stereocenters. The Balaban J connectivity index is 3.24. The molecule has 0 bridgehead atoms. The average molecular weight is 270 g/mol. The Bertz CT molecular complexity index is 511. The lowest BCUT2D eigenvalue weighted by Gasteiger charge is -2.27. The van der Waals surface area contributed by atoms with Crippen LogP contribution in [0.2, 0.25) is 0 Å². The first-order valence-electron chi connectivity index (χ1n) is 5.44. The number of likely N-dealkylation sites (N-methyl/N-ethyl adjacent to an activating group) is 2. The molecule has 1 amide bonds. The van der Waals surface area contributed by atoms with Crippen LogP contribution in [0.3, 0.4) is 0 Å². The van der Waals surface area contributed by atoms with Gasteiger partial charge in [-0.1, -0.05) is 30.3 Å². The van der Waals surface area contributed by atoms with Crippen molar-refractivity contribution in [3.8, 4) is 0 Å². The van der Waals surface area contributed by atoms with E-state index in [1.165, 1.54) is 11.9 Å². The first kappa shape index (κ1) is 14.7. The van der Waals surface area contributed by atoms with Gasteiger partial charge >= 0.3 is 0 Å². The molecule has 1 rings (SSSR count). The van der Waals surface area contributed by atoms with Gasteiger partial charge in [0.15, 0.2) is 0 Å². The second-order valence-corrected chi connectivity index (χ2v) is 6.37. The molecule has 1 aromatic carbocycles. The molecule has 1 aromatic rings. The van der Waals surface area contributed by atoms with Gasteiger partial charge in [-0.25, -0.2) is 8.42 Å². The quantitative estimate of drug-likeness (QED) is 0.809. The summed E-state index contributed by atoms with van der Waals surface area (Å²) < 4.78 is 24.3. The maximum atomic E-state index is 12.2. The fourth-order valence-electron chi connectivity index (χ4n) is 1.58. The van der Waals surface area contributed by atoms with E-state index < -0.39 is 16.1 Å². The minimum Gasteiger partial charge on any atom is -0.347 e. The van der Waals surface area contributed by atoms with Crippen LogP contribution < -0.4 is 0 Å². The molecule has 0 aromatic heterocycles. The van der Waals surface area contributed by atoms with Crippen LogP contribution in [0.15, 0.2) is 30.3 Å². The molecule has 0 spiro atoms. The Kier molecular flexibility index (Phi) is 4.48. The van der Waals surface area contributed by atoms with Gasteiger partial charge < -0.3 is 4.90 Å². The normalized spacial score (nSPS) is 13.4. The lowest BCUT2D eigenvalue weighted by Crippen LogP contribution is -2.40. The van der Waals surface area contributed by atoms with Crippen molar-refractivity contribution >= 4 is 15.9 Å². The van der Waals surface area contributed by atoms with Crippen molar-refractivity contribution < 1.29 is 13.2 Å². The van der Waals surface area contributed by atoms with Gasteiger partial charge in [-0.15, -0.1) is 0 Å². The lowest BCUT2D eigenvalue weighted by molar-refractivity contribution is -0.132. The second-order valence-electron chi connectivity index (χ2n) is 4.33. The zero-order valence-electron chi connectivity index (χ0n) is 11.0. The van der Waals surface area contributed by atoms with Crippen molar-refractivity contribution in [2.45, 2.75) is 6.04 Å². The van der Waals surface area contributed by atoms with E-state index in [2.05, 4.69) is 0 Å². The van der Waals surface area contributed by atoms with Gasteiger partial charge in [-0.2, -0.15) is 4.31 Å². The highest BCUT2D eigenvalue weighted by atomic mass is 32.2. The smallest absolute Gasteiger partial charge is 0.245 e. The third kappa shape index (κ3) is 3.30. The highest BCUT2D eigenvalue weighted by Gasteiger charge is 2.31. The van der Waals surface area contributed by atoms with E-state index in [1.807, 2.05) is 6.07 Å². The highest BCUT2D eigenvalue weighted by molar-refractivity contribution is 7.88. The molecule has 0 heterocycles. The van der Waals surface area contributed by atoms with Gasteiger partial charge in [0.05, 0.1) is 6.26 Å². The predicted octanol–water partition coefficient (Wildman–Crippen LogP) is 0.707. The Labute approximate surface area is 108 Å². The van der Waals surface area contributed by atoms with E-state index in [0.29, 0.717) is 5.56 Å². The van der Waals surface area contributed by atoms with E-state index >= 15 is 0 Å². The van der Waals surface area contributed by atoms with Gasteiger partial charge in [-0.3, -0.25) is 4.79 Å². The number of rotatable bonds is 4. The van der Waals surface area contributed by atoms with Crippen molar-refractivity contribution in [2.24, 2.45) is 0 Å². The molecule has 0 aliphatic carbocycles. The van der Waals surface area contributed by atoms with E-state index in [1.54, 1.807) is 38.4 Å². The first-order chi connectivity index (χ1) is 8.25. The van der Waals surface area contributed by atoms with Crippen LogP contribution in [0.25, 0.3) is 0 Å². The fraction of sp³-hybridized carbons (Fsp3) is 0.417.